The smallest absolute Gasteiger partial charge is 0.362 e. The van der Waals surface area contributed by atoms with Gasteiger partial charge in [0.05, 0.1) is 6.54 Å². The molecule has 1 aliphatic rings. The second-order valence-corrected chi connectivity index (χ2v) is 12.6. The molecule has 3 aromatic rings. The third-order valence-electron chi connectivity index (χ3n) is 8.30. The average Bonchev–Trinajstić information content (AvgIpc) is 3.44. The van der Waals surface area contributed by atoms with Gasteiger partial charge in [-0.05, 0) is 102 Å². The van der Waals surface area contributed by atoms with Gasteiger partial charge in [-0.15, -0.1) is 0 Å². The molecule has 0 saturated heterocycles. The van der Waals surface area contributed by atoms with Crippen molar-refractivity contribution in [3.05, 3.63) is 59.8 Å². The van der Waals surface area contributed by atoms with Crippen molar-refractivity contribution in [1.82, 2.24) is 20.1 Å². The number of rotatable bonds is 13. The van der Waals surface area contributed by atoms with Gasteiger partial charge in [0.1, 0.15) is 11.7 Å². The summed E-state index contributed by atoms with van der Waals surface area (Å²) in [6.45, 7) is 1.31. The van der Waals surface area contributed by atoms with Gasteiger partial charge in [0.15, 0.2) is 0 Å². The molecule has 1 saturated carbocycles. The van der Waals surface area contributed by atoms with Gasteiger partial charge in [-0.25, -0.2) is 4.79 Å². The highest BCUT2D eigenvalue weighted by molar-refractivity contribution is 6.01. The molecule has 246 valence electrons. The minimum atomic E-state index is -0.884. The van der Waals surface area contributed by atoms with Gasteiger partial charge in [-0.1, -0.05) is 12.1 Å². The number of aromatic nitrogens is 1. The van der Waals surface area contributed by atoms with Crippen LogP contribution in [0.3, 0.4) is 0 Å². The van der Waals surface area contributed by atoms with Crippen LogP contribution >= 0.6 is 0 Å². The van der Waals surface area contributed by atoms with Crippen LogP contribution < -0.4 is 15.5 Å². The maximum Gasteiger partial charge on any atom is 0.362 e. The average molecular weight is 633 g/mol. The molecule has 0 radical (unpaired) electrons. The number of ether oxygens (including phenoxy) is 1. The van der Waals surface area contributed by atoms with Crippen molar-refractivity contribution in [2.45, 2.75) is 38.1 Å². The van der Waals surface area contributed by atoms with E-state index >= 15 is 0 Å². The molecule has 0 aliphatic heterocycles. The number of carbonyl (C=O) groups is 5. The Morgan fingerprint density at radius 3 is 2.37 bits per heavy atom. The van der Waals surface area contributed by atoms with E-state index in [-0.39, 0.29) is 42.9 Å². The predicted molar refractivity (Wildman–Crippen MR) is 176 cm³/mol. The van der Waals surface area contributed by atoms with Crippen LogP contribution in [0.25, 0.3) is 10.9 Å². The largest absolute Gasteiger partial charge is 0.391 e. The Kier molecular flexibility index (Phi) is 11.7. The van der Waals surface area contributed by atoms with E-state index in [2.05, 4.69) is 39.3 Å². The zero-order chi connectivity index (χ0) is 33.4. The van der Waals surface area contributed by atoms with Gasteiger partial charge >= 0.3 is 12.4 Å². The zero-order valence-corrected chi connectivity index (χ0v) is 27.2. The van der Waals surface area contributed by atoms with Gasteiger partial charge in [0.25, 0.3) is 0 Å². The van der Waals surface area contributed by atoms with Crippen LogP contribution in [0.2, 0.25) is 0 Å². The summed E-state index contributed by atoms with van der Waals surface area (Å²) < 4.78 is 4.42. The summed E-state index contributed by atoms with van der Waals surface area (Å²) in [5.41, 5.74) is 2.67. The van der Waals surface area contributed by atoms with Crippen molar-refractivity contribution < 1.29 is 28.7 Å². The highest BCUT2D eigenvalue weighted by atomic mass is 16.6. The summed E-state index contributed by atoms with van der Waals surface area (Å²) >= 11 is 0. The maximum atomic E-state index is 13.8. The summed E-state index contributed by atoms with van der Waals surface area (Å²) in [6, 6.07) is 13.1. The van der Waals surface area contributed by atoms with E-state index in [1.807, 2.05) is 38.4 Å². The highest BCUT2D eigenvalue weighted by Crippen LogP contribution is 2.29. The van der Waals surface area contributed by atoms with Crippen molar-refractivity contribution in [3.8, 4) is 0 Å². The van der Waals surface area contributed by atoms with Crippen molar-refractivity contribution in [2.75, 3.05) is 58.5 Å². The normalized spacial score (nSPS) is 17.0. The second kappa shape index (κ2) is 15.6. The van der Waals surface area contributed by atoms with Gasteiger partial charge in [0, 0.05) is 48.2 Å². The van der Waals surface area contributed by atoms with Crippen LogP contribution in [-0.4, -0.2) is 99.3 Å². The van der Waals surface area contributed by atoms with Crippen LogP contribution in [0.5, 0.6) is 0 Å². The number of hydrogen-bond donors (Lipinski definition) is 3. The third-order valence-corrected chi connectivity index (χ3v) is 8.30. The number of carbonyl (C=O) groups excluding carboxylic acids is 5. The fourth-order valence-corrected chi connectivity index (χ4v) is 5.93. The molecule has 12 nitrogen and oxygen atoms in total. The molecule has 1 fully saturated rings. The minimum absolute atomic E-state index is 0.0682. The van der Waals surface area contributed by atoms with E-state index in [0.29, 0.717) is 28.2 Å². The first-order valence-electron chi connectivity index (χ1n) is 15.5. The Hall–Kier alpha value is -4.55. The number of nitrogens with zero attached hydrogens (tertiary/aromatic N) is 3. The van der Waals surface area contributed by atoms with Crippen LogP contribution in [-0.2, 0) is 30.3 Å². The first-order valence-corrected chi connectivity index (χ1v) is 15.5. The number of H-pyrrole nitrogens is 1. The monoisotopic (exact) mass is 632 g/mol. The van der Waals surface area contributed by atoms with Gasteiger partial charge < -0.3 is 35.1 Å². The third kappa shape index (κ3) is 9.24. The molecule has 4 rings (SSSR count). The molecule has 3 N–H and O–H groups in total. The van der Waals surface area contributed by atoms with E-state index in [9.17, 15) is 24.0 Å². The van der Waals surface area contributed by atoms with E-state index in [1.54, 1.807) is 35.0 Å². The maximum absolute atomic E-state index is 13.8. The van der Waals surface area contributed by atoms with Gasteiger partial charge in [0.2, 0.25) is 17.7 Å². The Labute approximate surface area is 269 Å². The molecular formula is C34H44N6O6. The second-order valence-electron chi connectivity index (χ2n) is 12.6. The number of aromatic amines is 1. The molecule has 1 aliphatic carbocycles. The van der Waals surface area contributed by atoms with E-state index in [4.69, 9.17) is 0 Å². The number of nitrogens with one attached hydrogen (secondary N) is 3. The van der Waals surface area contributed by atoms with Crippen molar-refractivity contribution in [1.29, 1.82) is 0 Å². The first kappa shape index (κ1) is 34.3. The number of anilines is 2. The fourth-order valence-electron chi connectivity index (χ4n) is 5.93. The van der Waals surface area contributed by atoms with Crippen molar-refractivity contribution in [3.63, 3.8) is 0 Å². The fraction of sp³-hybridized carbons (Fsp3) is 0.441. The number of amides is 3. The van der Waals surface area contributed by atoms with Gasteiger partial charge in [-0.3, -0.25) is 19.2 Å². The Bertz CT molecular complexity index is 1560. The zero-order valence-electron chi connectivity index (χ0n) is 27.2. The molecule has 3 amide bonds. The summed E-state index contributed by atoms with van der Waals surface area (Å²) in [5, 5.41) is 6.57. The van der Waals surface area contributed by atoms with Gasteiger partial charge in [-0.2, -0.15) is 0 Å². The van der Waals surface area contributed by atoms with Crippen molar-refractivity contribution >= 4 is 52.4 Å². The predicted octanol–water partition coefficient (Wildman–Crippen LogP) is 3.04. The summed E-state index contributed by atoms with van der Waals surface area (Å²) in [6.07, 6.45) is 3.67. The molecule has 2 aromatic carbocycles. The molecule has 0 spiro atoms. The topological polar surface area (TPSA) is 144 Å². The SMILES string of the molecule is CN(C)CC(=O)N(C)c1cccc(C[C@H](NC(=O)C2CCC(CN(C)C)CC2)C(=O)Nc2ccc3[nH]c(C(=O)OC=O)cc3c2)c1. The lowest BCUT2D eigenvalue weighted by Crippen LogP contribution is -2.48. The summed E-state index contributed by atoms with van der Waals surface area (Å²) in [7, 11) is 9.49. The number of hydrogen-bond acceptors (Lipinski definition) is 8. The number of likely N-dealkylation sites (N-methyl/N-ethyl adjacent to an activating group) is 2. The molecule has 1 aromatic heterocycles. The van der Waals surface area contributed by atoms with Crippen LogP contribution in [0.4, 0.5) is 11.4 Å². The van der Waals surface area contributed by atoms with E-state index in [0.717, 1.165) is 37.8 Å². The Balaban J connectivity index is 1.53. The minimum Gasteiger partial charge on any atom is -0.391 e. The Morgan fingerprint density at radius 1 is 0.957 bits per heavy atom. The summed E-state index contributed by atoms with van der Waals surface area (Å²) in [4.78, 5) is 70.9. The Morgan fingerprint density at radius 2 is 1.70 bits per heavy atom. The van der Waals surface area contributed by atoms with Crippen molar-refractivity contribution in [2.24, 2.45) is 11.8 Å². The lowest BCUT2D eigenvalue weighted by Gasteiger charge is -2.30. The molecule has 1 atom stereocenters. The molecule has 46 heavy (non-hydrogen) atoms. The number of benzene rings is 2. The molecule has 12 heteroatoms. The summed E-state index contributed by atoms with van der Waals surface area (Å²) in [5.74, 6) is -1.04. The molecule has 1 heterocycles. The number of fused-ring (bicyclic) bond motifs is 1. The lowest BCUT2D eigenvalue weighted by atomic mass is 9.81. The lowest BCUT2D eigenvalue weighted by molar-refractivity contribution is -0.130. The first-order chi connectivity index (χ1) is 21.9. The van der Waals surface area contributed by atoms with Crippen LogP contribution in [0.1, 0.15) is 41.7 Å². The highest BCUT2D eigenvalue weighted by Gasteiger charge is 2.30. The quantitative estimate of drug-likeness (QED) is 0.148. The molecule has 0 unspecified atom stereocenters. The molecule has 0 bridgehead atoms. The standard InChI is InChI=1S/C34H44N6O6/c1-38(2)19-22-9-11-24(12-10-22)32(43)37-29(16-23-7-6-8-27(15-23)40(5)31(42)20-39(3)4)33(44)35-26-13-14-28-25(17-26)18-30(36-28)34(45)46-21-41/h6-8,13-15,17-18,21-22,24,29,36H,9-12,16,19-20H2,1-5H3,(H,35,44)(H,37,43)/t22?,24?,29-/m0/s1. The van der Waals surface area contributed by atoms with E-state index in [1.165, 1.54) is 6.07 Å². The van der Waals surface area contributed by atoms with E-state index < -0.39 is 17.9 Å². The number of esters is 1. The molecular weight excluding hydrogens is 588 g/mol. The van der Waals surface area contributed by atoms with Crippen LogP contribution in [0.15, 0.2) is 48.5 Å². The van der Waals surface area contributed by atoms with Crippen LogP contribution in [0, 0.1) is 11.8 Å².